The Morgan fingerprint density at radius 2 is 1.69 bits per heavy atom. The predicted molar refractivity (Wildman–Crippen MR) is 99.8 cm³/mol. The number of ether oxygens (including phenoxy) is 1. The summed E-state index contributed by atoms with van der Waals surface area (Å²) < 4.78 is 35.1. The zero-order valence-electron chi connectivity index (χ0n) is 14.4. The third-order valence-corrected chi connectivity index (χ3v) is 7.04. The Morgan fingerprint density at radius 1 is 1.00 bits per heavy atom. The van der Waals surface area contributed by atoms with Crippen LogP contribution < -0.4 is 5.32 Å². The molecular formula is C20H20N2O3S. The molecule has 0 fully saturated rings. The molecular weight excluding hydrogens is 348 g/mol. The van der Waals surface area contributed by atoms with E-state index in [4.69, 9.17) is 4.74 Å². The van der Waals surface area contributed by atoms with Gasteiger partial charge in [0.2, 0.25) is 9.84 Å². The smallest absolute Gasteiger partial charge is 0.254 e. The molecule has 1 unspecified atom stereocenters. The van der Waals surface area contributed by atoms with Crippen molar-refractivity contribution in [2.24, 2.45) is 0 Å². The second-order valence-corrected chi connectivity index (χ2v) is 8.24. The molecule has 0 saturated heterocycles. The van der Waals surface area contributed by atoms with Crippen LogP contribution in [0, 0.1) is 0 Å². The molecule has 134 valence electrons. The van der Waals surface area contributed by atoms with Gasteiger partial charge in [0.05, 0.1) is 10.6 Å². The fourth-order valence-corrected chi connectivity index (χ4v) is 5.61. The second kappa shape index (κ2) is 6.39. The number of fused-ring (bicyclic) bond motifs is 1. The predicted octanol–water partition coefficient (Wildman–Crippen LogP) is 2.85. The molecule has 0 bridgehead atoms. The molecule has 6 heteroatoms. The molecule has 1 aliphatic heterocycles. The van der Waals surface area contributed by atoms with Gasteiger partial charge in [0.1, 0.15) is 0 Å². The summed E-state index contributed by atoms with van der Waals surface area (Å²) in [5, 5.41) is 1.52. The van der Waals surface area contributed by atoms with E-state index in [0.29, 0.717) is 17.8 Å². The highest BCUT2D eigenvalue weighted by atomic mass is 32.2. The molecule has 1 aliphatic rings. The number of rotatable bonds is 4. The first-order chi connectivity index (χ1) is 12.6. The Hall–Kier alpha value is -2.41. The van der Waals surface area contributed by atoms with E-state index in [1.165, 1.54) is 7.11 Å². The monoisotopic (exact) mass is 368 g/mol. The molecule has 1 atom stereocenters. The van der Waals surface area contributed by atoms with Crippen LogP contribution in [0.1, 0.15) is 11.1 Å². The molecule has 0 saturated carbocycles. The van der Waals surface area contributed by atoms with Gasteiger partial charge in [-0.3, -0.25) is 5.32 Å². The van der Waals surface area contributed by atoms with Crippen molar-refractivity contribution in [3.63, 3.8) is 0 Å². The van der Waals surface area contributed by atoms with Gasteiger partial charge in [0.15, 0.2) is 0 Å². The maximum Gasteiger partial charge on any atom is 0.254 e. The Balaban J connectivity index is 1.96. The van der Waals surface area contributed by atoms with Gasteiger partial charge in [-0.05, 0) is 36.2 Å². The van der Waals surface area contributed by atoms with Gasteiger partial charge in [0, 0.05) is 31.6 Å². The van der Waals surface area contributed by atoms with Crippen molar-refractivity contribution in [3.8, 4) is 5.69 Å². The van der Waals surface area contributed by atoms with Crippen LogP contribution in [-0.2, 0) is 26.1 Å². The van der Waals surface area contributed by atoms with Gasteiger partial charge in [-0.25, -0.2) is 8.42 Å². The maximum atomic E-state index is 13.8. The van der Waals surface area contributed by atoms with Gasteiger partial charge < -0.3 is 9.30 Å². The first kappa shape index (κ1) is 17.0. The Labute approximate surface area is 153 Å². The molecule has 0 radical (unpaired) electrons. The summed E-state index contributed by atoms with van der Waals surface area (Å²) in [6, 6.07) is 18.3. The zero-order valence-corrected chi connectivity index (χ0v) is 15.2. The van der Waals surface area contributed by atoms with Crippen LogP contribution >= 0.6 is 0 Å². The van der Waals surface area contributed by atoms with E-state index >= 15 is 0 Å². The van der Waals surface area contributed by atoms with Crippen molar-refractivity contribution >= 4 is 9.84 Å². The van der Waals surface area contributed by atoms with Crippen molar-refractivity contribution in [2.45, 2.75) is 16.4 Å². The number of hydrogen-bond acceptors (Lipinski definition) is 4. The first-order valence-corrected chi connectivity index (χ1v) is 9.94. The Kier molecular flexibility index (Phi) is 4.19. The number of nitrogens with one attached hydrogen (secondary N) is 1. The molecule has 4 rings (SSSR count). The number of nitrogens with zero attached hydrogens (tertiary/aromatic N) is 1. The van der Waals surface area contributed by atoms with Crippen molar-refractivity contribution in [2.75, 3.05) is 13.7 Å². The SMILES string of the molecule is COC1(S(=O)(=O)c2ccccc2-n2cccc2)NCCc2ccccc21. The molecule has 26 heavy (non-hydrogen) atoms. The van der Waals surface area contributed by atoms with E-state index in [1.54, 1.807) is 22.8 Å². The Bertz CT molecular complexity index is 1030. The highest BCUT2D eigenvalue weighted by Gasteiger charge is 2.50. The van der Waals surface area contributed by atoms with Crippen LogP contribution in [0.2, 0.25) is 0 Å². The third-order valence-electron chi connectivity index (χ3n) is 4.83. The third kappa shape index (κ3) is 2.41. The number of hydrogen-bond donors (Lipinski definition) is 1. The van der Waals surface area contributed by atoms with E-state index in [1.807, 2.05) is 54.9 Å². The van der Waals surface area contributed by atoms with Crippen LogP contribution in [0.5, 0.6) is 0 Å². The number of benzene rings is 2. The largest absolute Gasteiger partial charge is 0.346 e. The van der Waals surface area contributed by atoms with Crippen LogP contribution in [0.4, 0.5) is 0 Å². The molecule has 1 aromatic heterocycles. The van der Waals surface area contributed by atoms with Crippen molar-refractivity contribution in [3.05, 3.63) is 84.2 Å². The van der Waals surface area contributed by atoms with Gasteiger partial charge in [0.25, 0.3) is 5.06 Å². The van der Waals surface area contributed by atoms with Crippen molar-refractivity contribution < 1.29 is 13.2 Å². The topological polar surface area (TPSA) is 60.3 Å². The lowest BCUT2D eigenvalue weighted by Crippen LogP contribution is -2.54. The van der Waals surface area contributed by atoms with Gasteiger partial charge in [-0.1, -0.05) is 36.4 Å². The lowest BCUT2D eigenvalue weighted by atomic mass is 9.99. The fourth-order valence-electron chi connectivity index (χ4n) is 3.60. The minimum Gasteiger partial charge on any atom is -0.346 e. The van der Waals surface area contributed by atoms with Gasteiger partial charge in [-0.2, -0.15) is 0 Å². The molecule has 1 N–H and O–H groups in total. The molecule has 0 amide bonds. The zero-order chi connectivity index (χ0) is 18.2. The summed E-state index contributed by atoms with van der Waals surface area (Å²) in [5.74, 6) is 0. The average molecular weight is 368 g/mol. The van der Waals surface area contributed by atoms with Crippen LogP contribution in [0.15, 0.2) is 78.0 Å². The summed E-state index contributed by atoms with van der Waals surface area (Å²) >= 11 is 0. The van der Waals surface area contributed by atoms with E-state index in [9.17, 15) is 8.42 Å². The quantitative estimate of drug-likeness (QED) is 0.769. The lowest BCUT2D eigenvalue weighted by molar-refractivity contribution is 0.0240. The summed E-state index contributed by atoms with van der Waals surface area (Å²) in [7, 11) is -2.46. The lowest BCUT2D eigenvalue weighted by Gasteiger charge is -2.38. The average Bonchev–Trinajstić information content (AvgIpc) is 3.22. The number of methoxy groups -OCH3 is 1. The van der Waals surface area contributed by atoms with E-state index < -0.39 is 14.9 Å². The number of aromatic nitrogens is 1. The highest BCUT2D eigenvalue weighted by Crippen LogP contribution is 2.39. The number of sulfone groups is 1. The maximum absolute atomic E-state index is 13.8. The fraction of sp³-hybridized carbons (Fsp3) is 0.200. The molecule has 5 nitrogen and oxygen atoms in total. The molecule has 2 aromatic carbocycles. The van der Waals surface area contributed by atoms with E-state index in [-0.39, 0.29) is 4.90 Å². The van der Waals surface area contributed by atoms with Crippen LogP contribution in [0.3, 0.4) is 0 Å². The minimum atomic E-state index is -3.90. The van der Waals surface area contributed by atoms with Crippen molar-refractivity contribution in [1.82, 2.24) is 9.88 Å². The van der Waals surface area contributed by atoms with E-state index in [2.05, 4.69) is 5.32 Å². The first-order valence-electron chi connectivity index (χ1n) is 8.46. The molecule has 3 aromatic rings. The van der Waals surface area contributed by atoms with Crippen molar-refractivity contribution in [1.29, 1.82) is 0 Å². The van der Waals surface area contributed by atoms with Gasteiger partial charge in [-0.15, -0.1) is 0 Å². The van der Waals surface area contributed by atoms with E-state index in [0.717, 1.165) is 12.0 Å². The second-order valence-electron chi connectivity index (χ2n) is 6.22. The van der Waals surface area contributed by atoms with Crippen LogP contribution in [0.25, 0.3) is 5.69 Å². The highest BCUT2D eigenvalue weighted by molar-refractivity contribution is 7.92. The minimum absolute atomic E-state index is 0.224. The summed E-state index contributed by atoms with van der Waals surface area (Å²) in [6.07, 6.45) is 4.42. The Morgan fingerprint density at radius 3 is 2.46 bits per heavy atom. The summed E-state index contributed by atoms with van der Waals surface area (Å²) in [4.78, 5) is 0.224. The molecule has 0 aliphatic carbocycles. The number of para-hydroxylation sites is 1. The summed E-state index contributed by atoms with van der Waals surface area (Å²) in [5.41, 5.74) is 2.23. The van der Waals surface area contributed by atoms with Gasteiger partial charge >= 0.3 is 0 Å². The normalized spacial score (nSPS) is 19.9. The molecule has 0 spiro atoms. The standard InChI is InChI=1S/C20H20N2O3S/c1-25-20(17-9-3-2-8-16(17)12-13-21-20)26(23,24)19-11-5-4-10-18(19)22-14-6-7-15-22/h2-11,14-15,21H,12-13H2,1H3. The molecule has 2 heterocycles. The summed E-state index contributed by atoms with van der Waals surface area (Å²) in [6.45, 7) is 0.524. The van der Waals surface area contributed by atoms with Crippen LogP contribution in [-0.4, -0.2) is 26.6 Å².